The maximum absolute atomic E-state index is 8.00. The van der Waals surface area contributed by atoms with Crippen molar-refractivity contribution in [2.45, 2.75) is 6.10 Å². The largest absolute Gasteiger partial charge is 0.384 e. The minimum Gasteiger partial charge on any atom is -0.384 e. The molecule has 0 bridgehead atoms. The van der Waals surface area contributed by atoms with Crippen LogP contribution >= 0.6 is 0 Å². The highest BCUT2D eigenvalue weighted by Gasteiger charge is 2.01. The predicted octanol–water partition coefficient (Wildman–Crippen LogP) is -0.280. The Morgan fingerprint density at radius 1 is 2.00 bits per heavy atom. The van der Waals surface area contributed by atoms with Crippen molar-refractivity contribution >= 4 is 0 Å². The van der Waals surface area contributed by atoms with Crippen LogP contribution in [0.15, 0.2) is 6.08 Å². The van der Waals surface area contributed by atoms with Crippen LogP contribution in [0, 0.1) is 6.08 Å². The van der Waals surface area contributed by atoms with Gasteiger partial charge >= 0.3 is 0 Å². The number of hydrogen-bond donors (Lipinski definition) is 1. The third kappa shape index (κ3) is 0.114. The van der Waals surface area contributed by atoms with Crippen LogP contribution in [0.1, 0.15) is 0 Å². The molecule has 21 valence electrons. The molecule has 0 aromatic rings. The molecule has 1 N–H and O–H groups in total. The lowest BCUT2D eigenvalue weighted by Gasteiger charge is -1.60. The molecule has 1 heteroatoms. The summed E-state index contributed by atoms with van der Waals surface area (Å²) in [5.74, 6) is 0. The highest BCUT2D eigenvalue weighted by atomic mass is 16.3. The van der Waals surface area contributed by atoms with Gasteiger partial charge in [0.15, 0.2) is 0 Å². The summed E-state index contributed by atoms with van der Waals surface area (Å²) < 4.78 is 0. The summed E-state index contributed by atoms with van der Waals surface area (Å²) >= 11 is 0. The number of rotatable bonds is 0. The van der Waals surface area contributed by atoms with E-state index in [1.807, 2.05) is 0 Å². The number of aliphatic hydroxyl groups is 1. The molecule has 0 saturated carbocycles. The van der Waals surface area contributed by atoms with Gasteiger partial charge in [-0.1, -0.05) is 0 Å². The quantitative estimate of drug-likeness (QED) is 0.404. The third-order valence-corrected chi connectivity index (χ3v) is 0.316. The van der Waals surface area contributed by atoms with E-state index in [2.05, 4.69) is 6.08 Å². The van der Waals surface area contributed by atoms with Crippen molar-refractivity contribution in [2.75, 3.05) is 0 Å². The fourth-order valence-electron chi connectivity index (χ4n) is 0.0430. The summed E-state index contributed by atoms with van der Waals surface area (Å²) in [5, 5.41) is 8.00. The Kier molecular flexibility index (Phi) is 0.174. The standard InChI is InChI=1S/C3H3O/c4-3-1-2-3/h1,3-4H. The van der Waals surface area contributed by atoms with Crippen molar-refractivity contribution in [3.8, 4) is 0 Å². The molecular weight excluding hydrogens is 52.0 g/mol. The second kappa shape index (κ2) is 0.353. The molecule has 0 aromatic carbocycles. The van der Waals surface area contributed by atoms with E-state index >= 15 is 0 Å². The van der Waals surface area contributed by atoms with Gasteiger partial charge < -0.3 is 5.11 Å². The first kappa shape index (κ1) is 1.97. The van der Waals surface area contributed by atoms with Crippen LogP contribution in [0.25, 0.3) is 0 Å². The molecule has 1 unspecified atom stereocenters. The zero-order chi connectivity index (χ0) is 2.99. The first-order valence-electron chi connectivity index (χ1n) is 1.17. The van der Waals surface area contributed by atoms with Crippen LogP contribution in [-0.2, 0) is 0 Å². The maximum atomic E-state index is 8.00. The Balaban J connectivity index is 2.32. The summed E-state index contributed by atoms with van der Waals surface area (Å²) in [4.78, 5) is 0. The van der Waals surface area contributed by atoms with Crippen LogP contribution in [0.2, 0.25) is 0 Å². The van der Waals surface area contributed by atoms with Gasteiger partial charge in [0.1, 0.15) is 0 Å². The molecule has 4 heavy (non-hydrogen) atoms. The molecule has 0 heterocycles. The van der Waals surface area contributed by atoms with Crippen LogP contribution in [-0.4, -0.2) is 11.2 Å². The van der Waals surface area contributed by atoms with Crippen molar-refractivity contribution in [3.63, 3.8) is 0 Å². The Morgan fingerprint density at radius 2 is 2.25 bits per heavy atom. The van der Waals surface area contributed by atoms with E-state index in [4.69, 9.17) is 5.11 Å². The zero-order valence-electron chi connectivity index (χ0n) is 2.10. The first-order valence-corrected chi connectivity index (χ1v) is 1.17. The average molecular weight is 55.1 g/mol. The second-order valence-corrected chi connectivity index (χ2v) is 0.778. The lowest BCUT2D eigenvalue weighted by atomic mass is 10.8. The summed E-state index contributed by atoms with van der Waals surface area (Å²) in [5.41, 5.74) is 0. The Bertz CT molecular complexity index is 41.2. The summed E-state index contributed by atoms with van der Waals surface area (Å²) in [7, 11) is 0. The minimum atomic E-state index is -0.292. The van der Waals surface area contributed by atoms with E-state index in [-0.39, 0.29) is 6.10 Å². The van der Waals surface area contributed by atoms with Gasteiger partial charge in [-0.2, -0.15) is 0 Å². The Morgan fingerprint density at radius 3 is 2.25 bits per heavy atom. The van der Waals surface area contributed by atoms with Gasteiger partial charge in [-0.15, -0.1) is 0 Å². The van der Waals surface area contributed by atoms with E-state index < -0.39 is 0 Å². The topological polar surface area (TPSA) is 20.2 Å². The molecule has 1 nitrogen and oxygen atoms in total. The molecule has 1 aliphatic rings. The second-order valence-electron chi connectivity index (χ2n) is 0.778. The van der Waals surface area contributed by atoms with E-state index in [9.17, 15) is 0 Å². The summed E-state index contributed by atoms with van der Waals surface area (Å²) in [6.45, 7) is 0. The van der Waals surface area contributed by atoms with Gasteiger partial charge in [-0.25, -0.2) is 0 Å². The van der Waals surface area contributed by atoms with Crippen molar-refractivity contribution in [1.82, 2.24) is 0 Å². The van der Waals surface area contributed by atoms with Gasteiger partial charge in [0.25, 0.3) is 0 Å². The molecule has 1 aliphatic carbocycles. The van der Waals surface area contributed by atoms with Crippen LogP contribution in [0.5, 0.6) is 0 Å². The normalized spacial score (nSPS) is 22.2. The number of hydrogen-bond acceptors (Lipinski definition) is 1. The van der Waals surface area contributed by atoms with E-state index in [1.54, 1.807) is 6.08 Å². The van der Waals surface area contributed by atoms with E-state index in [0.717, 1.165) is 0 Å². The highest BCUT2D eigenvalue weighted by Crippen LogP contribution is 1.98. The molecule has 0 spiro atoms. The lowest BCUT2D eigenvalue weighted by Crippen LogP contribution is -1.70. The Hall–Kier alpha value is -0.300. The zero-order valence-corrected chi connectivity index (χ0v) is 2.10. The predicted molar refractivity (Wildman–Crippen MR) is 13.8 cm³/mol. The van der Waals surface area contributed by atoms with Gasteiger partial charge in [0.05, 0.1) is 6.10 Å². The van der Waals surface area contributed by atoms with Gasteiger partial charge in [-0.3, -0.25) is 0 Å². The molecular formula is C3H3O. The molecule has 0 fully saturated rings. The van der Waals surface area contributed by atoms with Crippen LogP contribution < -0.4 is 0 Å². The van der Waals surface area contributed by atoms with E-state index in [0.29, 0.717) is 0 Å². The van der Waals surface area contributed by atoms with Crippen molar-refractivity contribution in [1.29, 1.82) is 0 Å². The van der Waals surface area contributed by atoms with Gasteiger partial charge in [-0.05, 0) is 12.2 Å². The summed E-state index contributed by atoms with van der Waals surface area (Å²) in [6.07, 6.45) is 3.83. The minimum absolute atomic E-state index is 0.292. The molecule has 1 radical (unpaired) electrons. The fourth-order valence-corrected chi connectivity index (χ4v) is 0.0430. The van der Waals surface area contributed by atoms with Gasteiger partial charge in [0, 0.05) is 0 Å². The summed E-state index contributed by atoms with van der Waals surface area (Å²) in [6, 6.07) is 0. The average Bonchev–Trinajstić information content (AvgIpc) is 1.75. The van der Waals surface area contributed by atoms with Crippen LogP contribution in [0.3, 0.4) is 0 Å². The molecule has 0 aromatic heterocycles. The lowest BCUT2D eigenvalue weighted by molar-refractivity contribution is 0.299. The van der Waals surface area contributed by atoms with Crippen molar-refractivity contribution in [3.05, 3.63) is 12.2 Å². The maximum Gasteiger partial charge on any atom is 0.0980 e. The SMILES string of the molecule is OC1[C]=C1. The smallest absolute Gasteiger partial charge is 0.0980 e. The molecule has 1 rings (SSSR count). The molecule has 0 saturated heterocycles. The molecule has 0 amide bonds. The monoisotopic (exact) mass is 55.0 g/mol. The Labute approximate surface area is 24.6 Å². The molecule has 1 atom stereocenters. The highest BCUT2D eigenvalue weighted by molar-refractivity contribution is 5.05. The van der Waals surface area contributed by atoms with Crippen molar-refractivity contribution in [2.24, 2.45) is 0 Å². The first-order chi connectivity index (χ1) is 1.89. The molecule has 0 aliphatic heterocycles. The number of aliphatic hydroxyl groups excluding tert-OH is 1. The third-order valence-electron chi connectivity index (χ3n) is 0.316. The van der Waals surface area contributed by atoms with Gasteiger partial charge in [0.2, 0.25) is 0 Å². The fraction of sp³-hybridized carbons (Fsp3) is 0.333. The van der Waals surface area contributed by atoms with Crippen LogP contribution in [0.4, 0.5) is 0 Å². The van der Waals surface area contributed by atoms with E-state index in [1.165, 1.54) is 0 Å². The van der Waals surface area contributed by atoms with Crippen molar-refractivity contribution < 1.29 is 5.11 Å².